The van der Waals surface area contributed by atoms with Crippen LogP contribution in [-0.4, -0.2) is 126 Å². The fourth-order valence-corrected chi connectivity index (χ4v) is 7.03. The molecule has 2 fully saturated rings. The van der Waals surface area contributed by atoms with Gasteiger partial charge in [0, 0.05) is 50.9 Å². The van der Waals surface area contributed by atoms with Gasteiger partial charge in [-0.15, -0.1) is 0 Å². The summed E-state index contributed by atoms with van der Waals surface area (Å²) in [4.78, 5) is 26.3. The summed E-state index contributed by atoms with van der Waals surface area (Å²) in [5, 5.41) is 42.9. The number of aliphatic hydroxyl groups is 4. The quantitative estimate of drug-likeness (QED) is 0.215. The molecule has 0 aromatic carbocycles. The molecule has 0 aromatic heterocycles. The molecule has 0 amide bonds. The maximum Gasteiger partial charge on any atom is 0.330 e. The van der Waals surface area contributed by atoms with Crippen LogP contribution in [-0.2, 0) is 42.7 Å². The van der Waals surface area contributed by atoms with E-state index in [0.717, 1.165) is 0 Å². The number of carbonyl (C=O) groups excluding carboxylic acids is 2. The molecule has 16 atom stereocenters. The van der Waals surface area contributed by atoms with E-state index >= 15 is 0 Å². The molecule has 0 bridgehead atoms. The van der Waals surface area contributed by atoms with Crippen molar-refractivity contribution in [2.45, 2.75) is 147 Å². The van der Waals surface area contributed by atoms with Gasteiger partial charge in [0.15, 0.2) is 12.6 Å². The number of esters is 1. The minimum atomic E-state index is -1.83. The number of carbonyl (C=O) groups is 2. The molecule has 0 saturated carbocycles. The second kappa shape index (κ2) is 18.6. The Morgan fingerprint density at radius 2 is 1.61 bits per heavy atom. The highest BCUT2D eigenvalue weighted by Gasteiger charge is 2.52. The van der Waals surface area contributed by atoms with Crippen LogP contribution in [0.5, 0.6) is 0 Å². The number of aliphatic hydroxyl groups excluding tert-OH is 3. The summed E-state index contributed by atoms with van der Waals surface area (Å²) in [5.74, 6) is -1.82. The number of hydrogen-bond acceptors (Lipinski definition) is 13. The van der Waals surface area contributed by atoms with Crippen LogP contribution in [0.25, 0.3) is 0 Å². The lowest BCUT2D eigenvalue weighted by Crippen LogP contribution is -2.63. The Hall–Kier alpha value is -1.78. The Bertz CT molecular complexity index is 1110. The molecule has 0 radical (unpaired) electrons. The summed E-state index contributed by atoms with van der Waals surface area (Å²) < 4.78 is 41.1. The van der Waals surface area contributed by atoms with E-state index in [-0.39, 0.29) is 30.6 Å². The molecular formula is C36H60O13. The van der Waals surface area contributed by atoms with E-state index in [9.17, 15) is 30.0 Å². The van der Waals surface area contributed by atoms with Gasteiger partial charge in [0.2, 0.25) is 0 Å². The molecule has 2 saturated heterocycles. The Balaban J connectivity index is 1.81. The molecule has 49 heavy (non-hydrogen) atoms. The smallest absolute Gasteiger partial charge is 0.330 e. The number of cyclic esters (lactones) is 1. The zero-order valence-electron chi connectivity index (χ0n) is 30.5. The summed E-state index contributed by atoms with van der Waals surface area (Å²) in [6.45, 7) is 12.4. The highest BCUT2D eigenvalue weighted by Crippen LogP contribution is 2.36. The van der Waals surface area contributed by atoms with Gasteiger partial charge in [0.1, 0.15) is 41.9 Å². The Morgan fingerprint density at radius 3 is 2.24 bits per heavy atom. The fourth-order valence-electron chi connectivity index (χ4n) is 7.03. The van der Waals surface area contributed by atoms with Crippen molar-refractivity contribution in [3.05, 3.63) is 24.3 Å². The first-order valence-corrected chi connectivity index (χ1v) is 17.5. The van der Waals surface area contributed by atoms with Crippen molar-refractivity contribution in [3.8, 4) is 0 Å². The number of Topliss-reactive ketones (excluding diaryl/α,β-unsaturated/α-hetero) is 1. The van der Waals surface area contributed by atoms with Crippen LogP contribution < -0.4 is 0 Å². The van der Waals surface area contributed by atoms with Crippen LogP contribution in [0, 0.1) is 23.7 Å². The summed E-state index contributed by atoms with van der Waals surface area (Å²) in [6.07, 6.45) is -1.47. The van der Waals surface area contributed by atoms with Crippen molar-refractivity contribution in [1.82, 2.24) is 0 Å². The molecule has 3 rings (SSSR count). The lowest BCUT2D eigenvalue weighted by atomic mass is 9.82. The fraction of sp³-hybridized carbons (Fsp3) is 0.833. The highest BCUT2D eigenvalue weighted by atomic mass is 16.7. The zero-order chi connectivity index (χ0) is 36.6. The zero-order valence-corrected chi connectivity index (χ0v) is 30.5. The average molecular weight is 701 g/mol. The van der Waals surface area contributed by atoms with E-state index in [1.165, 1.54) is 27.2 Å². The Kier molecular flexibility index (Phi) is 15.8. The average Bonchev–Trinajstić information content (AvgIpc) is 3.04. The van der Waals surface area contributed by atoms with Crippen molar-refractivity contribution < 1.29 is 63.2 Å². The van der Waals surface area contributed by atoms with Crippen LogP contribution in [0.1, 0.15) is 74.1 Å². The van der Waals surface area contributed by atoms with E-state index in [4.69, 9.17) is 33.2 Å². The van der Waals surface area contributed by atoms with E-state index in [2.05, 4.69) is 0 Å². The molecule has 3 aliphatic rings. The predicted octanol–water partition coefficient (Wildman–Crippen LogP) is 2.45. The molecule has 0 unspecified atom stereocenters. The van der Waals surface area contributed by atoms with Crippen LogP contribution in [0.15, 0.2) is 24.3 Å². The van der Waals surface area contributed by atoms with Crippen molar-refractivity contribution in [3.63, 3.8) is 0 Å². The summed E-state index contributed by atoms with van der Waals surface area (Å²) in [6, 6.07) is 0. The molecule has 0 aliphatic carbocycles. The number of hydrogen-bond donors (Lipinski definition) is 4. The van der Waals surface area contributed by atoms with Crippen LogP contribution in [0.4, 0.5) is 0 Å². The number of allylic oxidation sites excluding steroid dienone is 1. The molecule has 13 nitrogen and oxygen atoms in total. The van der Waals surface area contributed by atoms with Gasteiger partial charge < -0.3 is 53.6 Å². The van der Waals surface area contributed by atoms with Gasteiger partial charge in [0.05, 0.1) is 31.0 Å². The van der Waals surface area contributed by atoms with E-state index in [0.29, 0.717) is 19.3 Å². The van der Waals surface area contributed by atoms with Gasteiger partial charge in [-0.25, -0.2) is 4.79 Å². The highest BCUT2D eigenvalue weighted by molar-refractivity contribution is 5.82. The molecule has 3 heterocycles. The minimum absolute atomic E-state index is 0.0218. The topological polar surface area (TPSA) is 180 Å². The third-order valence-corrected chi connectivity index (χ3v) is 10.3. The molecule has 282 valence electrons. The maximum atomic E-state index is 13.2. The van der Waals surface area contributed by atoms with Gasteiger partial charge in [-0.05, 0) is 46.5 Å². The lowest BCUT2D eigenvalue weighted by molar-refractivity contribution is -0.322. The van der Waals surface area contributed by atoms with Gasteiger partial charge in [-0.1, -0.05) is 39.0 Å². The van der Waals surface area contributed by atoms with Crippen LogP contribution in [0.2, 0.25) is 0 Å². The van der Waals surface area contributed by atoms with Gasteiger partial charge >= 0.3 is 5.97 Å². The largest absolute Gasteiger partial charge is 0.459 e. The predicted molar refractivity (Wildman–Crippen MR) is 178 cm³/mol. The normalized spacial score (nSPS) is 45.3. The second-order valence-corrected chi connectivity index (χ2v) is 14.2. The monoisotopic (exact) mass is 700 g/mol. The van der Waals surface area contributed by atoms with Crippen LogP contribution >= 0.6 is 0 Å². The van der Waals surface area contributed by atoms with Crippen molar-refractivity contribution in [2.24, 2.45) is 23.7 Å². The van der Waals surface area contributed by atoms with Crippen molar-refractivity contribution in [2.75, 3.05) is 20.8 Å². The van der Waals surface area contributed by atoms with Crippen LogP contribution in [0.3, 0.4) is 0 Å². The molecule has 13 heteroatoms. The number of ketones is 1. The van der Waals surface area contributed by atoms with Gasteiger partial charge in [0.25, 0.3) is 0 Å². The van der Waals surface area contributed by atoms with Crippen molar-refractivity contribution in [1.29, 1.82) is 0 Å². The molecule has 0 spiro atoms. The van der Waals surface area contributed by atoms with Gasteiger partial charge in [-0.2, -0.15) is 0 Å². The SMILES string of the molecule is CO[C@@H]1[C@H](O)[C@@H](C)O[C@@H](OC[C@H]2/C=C/CCC(=O)[C@H](C)C[C@H](C)[C@H](O[C@@H]3O[C@H](C)C[C@](O)([C@H](C)O)[C@H]3O)[C@@H](C)/C=C\C(=O)O[C@H]2C)[C@@H]1OC. The second-order valence-electron chi connectivity index (χ2n) is 14.2. The standard InChI is InChI=1S/C36H60O13/c1-19-14-15-28(39)47-23(5)26(18-45-34-32(44-9)31(43-8)29(40)24(6)48-34)12-10-11-13-27(38)20(2)16-21(3)30(19)49-35-33(41)36(42,25(7)37)17-22(4)46-35/h10,12,14-15,19-26,29-35,37,40-42H,11,13,16-18H2,1-9H3/b12-10+,15-14-/t19-,20+,21-,22+,23-,24+,25-,26+,29+,30+,31+,32+,33-,34+,35-,36-/m0/s1. The minimum Gasteiger partial charge on any atom is -0.459 e. The van der Waals surface area contributed by atoms with E-state index < -0.39 is 90.9 Å². The third-order valence-electron chi connectivity index (χ3n) is 10.3. The third kappa shape index (κ3) is 10.6. The van der Waals surface area contributed by atoms with Gasteiger partial charge in [-0.3, -0.25) is 4.79 Å². The number of ether oxygens (including phenoxy) is 7. The summed E-state index contributed by atoms with van der Waals surface area (Å²) in [7, 11) is 2.97. The summed E-state index contributed by atoms with van der Waals surface area (Å²) >= 11 is 0. The first-order valence-electron chi connectivity index (χ1n) is 17.5. The first-order chi connectivity index (χ1) is 23.0. The number of rotatable bonds is 8. The molecule has 0 aromatic rings. The molecule has 4 N–H and O–H groups in total. The van der Waals surface area contributed by atoms with Crippen molar-refractivity contribution >= 4 is 11.8 Å². The lowest BCUT2D eigenvalue weighted by Gasteiger charge is -2.47. The maximum absolute atomic E-state index is 13.2. The number of methoxy groups -OCH3 is 2. The van der Waals surface area contributed by atoms with E-state index in [1.807, 2.05) is 32.9 Å². The summed E-state index contributed by atoms with van der Waals surface area (Å²) in [5.41, 5.74) is -1.83. The first kappa shape index (κ1) is 41.6. The Labute approximate surface area is 290 Å². The Morgan fingerprint density at radius 1 is 0.939 bits per heavy atom. The molecular weight excluding hydrogens is 640 g/mol. The van der Waals surface area contributed by atoms with E-state index in [1.54, 1.807) is 26.8 Å². The molecule has 3 aliphatic heterocycles.